The van der Waals surface area contributed by atoms with Gasteiger partial charge in [-0.15, -0.1) is 0 Å². The van der Waals surface area contributed by atoms with Crippen LogP contribution in [-0.2, 0) is 22.3 Å². The van der Waals surface area contributed by atoms with Crippen molar-refractivity contribution in [1.29, 1.82) is 0 Å². The molecule has 1 unspecified atom stereocenters. The van der Waals surface area contributed by atoms with Gasteiger partial charge in [0.25, 0.3) is 0 Å². The minimum absolute atomic E-state index is 0.132. The second-order valence-corrected chi connectivity index (χ2v) is 7.42. The molecule has 0 saturated heterocycles. The fraction of sp³-hybridized carbons (Fsp3) is 0.190. The van der Waals surface area contributed by atoms with E-state index in [1.165, 1.54) is 24.8 Å². The average Bonchev–Trinajstić information content (AvgIpc) is 3.35. The number of nitrogen functional groups attached to an aromatic ring is 1. The molecule has 4 heterocycles. The molecule has 1 atom stereocenters. The van der Waals surface area contributed by atoms with Crippen LogP contribution in [0.25, 0.3) is 10.9 Å². The zero-order valence-electron chi connectivity index (χ0n) is 18.1. The highest BCUT2D eigenvalue weighted by molar-refractivity contribution is 6.40. The lowest BCUT2D eigenvalue weighted by Crippen LogP contribution is -2.41. The number of alkyl halides is 3. The Morgan fingerprint density at radius 3 is 2.51 bits per heavy atom. The van der Waals surface area contributed by atoms with Crippen molar-refractivity contribution in [3.05, 3.63) is 66.3 Å². The van der Waals surface area contributed by atoms with Gasteiger partial charge in [-0.05, 0) is 25.1 Å². The van der Waals surface area contributed by atoms with Crippen molar-refractivity contribution < 1.29 is 22.8 Å². The van der Waals surface area contributed by atoms with Crippen molar-refractivity contribution >= 4 is 34.2 Å². The number of hydrogen-bond donors (Lipinski definition) is 3. The lowest BCUT2D eigenvalue weighted by Gasteiger charge is -2.27. The number of carbonyl (C=O) groups excluding carboxylic acids is 2. The van der Waals surface area contributed by atoms with E-state index in [4.69, 9.17) is 5.73 Å². The Labute approximate surface area is 195 Å². The Morgan fingerprint density at radius 1 is 1.11 bits per heavy atom. The Kier molecular flexibility index (Phi) is 6.27. The average molecular weight is 485 g/mol. The number of H-pyrrole nitrogens is 1. The van der Waals surface area contributed by atoms with E-state index in [-0.39, 0.29) is 29.6 Å². The summed E-state index contributed by atoms with van der Waals surface area (Å²) in [7, 11) is 0. The monoisotopic (exact) mass is 485 g/mol. The summed E-state index contributed by atoms with van der Waals surface area (Å²) in [6, 6.07) is 2.76. The van der Waals surface area contributed by atoms with Crippen LogP contribution < -0.4 is 11.1 Å². The van der Waals surface area contributed by atoms with Crippen LogP contribution in [0.4, 0.5) is 24.7 Å². The molecule has 0 radical (unpaired) electrons. The van der Waals surface area contributed by atoms with Crippen molar-refractivity contribution in [2.24, 2.45) is 0 Å². The number of amides is 2. The number of fused-ring (bicyclic) bond motifs is 1. The van der Waals surface area contributed by atoms with Crippen LogP contribution >= 0.6 is 0 Å². The van der Waals surface area contributed by atoms with Crippen molar-refractivity contribution in [2.75, 3.05) is 11.1 Å². The second kappa shape index (κ2) is 9.32. The van der Waals surface area contributed by atoms with E-state index in [9.17, 15) is 22.8 Å². The van der Waals surface area contributed by atoms with Gasteiger partial charge in [-0.25, -0.2) is 15.0 Å². The number of aromatic amines is 1. The molecule has 4 aromatic rings. The zero-order valence-corrected chi connectivity index (χ0v) is 18.1. The number of rotatable bonds is 5. The second-order valence-electron chi connectivity index (χ2n) is 7.42. The summed E-state index contributed by atoms with van der Waals surface area (Å²) in [6.07, 6.45) is 1.73. The Morgan fingerprint density at radius 2 is 1.86 bits per heavy atom. The number of nitrogens with two attached hydrogens (primary N) is 1. The first-order chi connectivity index (χ1) is 16.6. The molecule has 0 saturated carbocycles. The molecule has 11 nitrogen and oxygen atoms in total. The van der Waals surface area contributed by atoms with E-state index in [0.29, 0.717) is 17.1 Å². The van der Waals surface area contributed by atoms with Crippen LogP contribution in [0, 0.1) is 0 Å². The van der Waals surface area contributed by atoms with Gasteiger partial charge in [-0.3, -0.25) is 19.7 Å². The van der Waals surface area contributed by atoms with E-state index in [1.54, 1.807) is 13.0 Å². The maximum absolute atomic E-state index is 13.2. The molecule has 4 aromatic heterocycles. The van der Waals surface area contributed by atoms with Gasteiger partial charge < -0.3 is 16.0 Å². The van der Waals surface area contributed by atoms with Crippen LogP contribution in [0.15, 0.2) is 49.2 Å². The number of hydrogen-bond acceptors (Lipinski definition) is 8. The molecule has 0 fully saturated rings. The molecule has 0 bridgehead atoms. The first kappa shape index (κ1) is 23.5. The van der Waals surface area contributed by atoms with Gasteiger partial charge in [0, 0.05) is 18.6 Å². The molecule has 4 rings (SSSR count). The lowest BCUT2D eigenvalue weighted by molar-refractivity contribution is -0.145. The molecule has 180 valence electrons. The maximum Gasteiger partial charge on any atom is 0.417 e. The van der Waals surface area contributed by atoms with Crippen LogP contribution in [0.3, 0.4) is 0 Å². The molecule has 35 heavy (non-hydrogen) atoms. The normalized spacial score (nSPS) is 12.3. The van der Waals surface area contributed by atoms with Crippen LogP contribution in [-0.4, -0.2) is 46.8 Å². The Bertz CT molecular complexity index is 1360. The summed E-state index contributed by atoms with van der Waals surface area (Å²) < 4.78 is 38.7. The van der Waals surface area contributed by atoms with E-state index < -0.39 is 29.6 Å². The summed E-state index contributed by atoms with van der Waals surface area (Å²) in [5.41, 5.74) is 5.52. The topological polar surface area (TPSA) is 156 Å². The number of carbonyl (C=O) groups is 2. The summed E-state index contributed by atoms with van der Waals surface area (Å²) >= 11 is 0. The highest BCUT2D eigenvalue weighted by atomic mass is 19.4. The number of halogens is 3. The fourth-order valence-corrected chi connectivity index (χ4v) is 3.27. The lowest BCUT2D eigenvalue weighted by atomic mass is 10.2. The third-order valence-electron chi connectivity index (χ3n) is 5.13. The molecule has 0 aromatic carbocycles. The quantitative estimate of drug-likeness (QED) is 0.364. The summed E-state index contributed by atoms with van der Waals surface area (Å²) in [5, 5.41) is 9.46. The molecule has 0 aliphatic rings. The smallest absolute Gasteiger partial charge is 0.383 e. The van der Waals surface area contributed by atoms with Crippen LogP contribution in [0.1, 0.15) is 30.0 Å². The van der Waals surface area contributed by atoms with E-state index >= 15 is 0 Å². The fourth-order valence-electron chi connectivity index (χ4n) is 3.27. The van der Waals surface area contributed by atoms with Crippen molar-refractivity contribution in [3.8, 4) is 0 Å². The predicted molar refractivity (Wildman–Crippen MR) is 117 cm³/mol. The third kappa shape index (κ3) is 5.00. The zero-order chi connectivity index (χ0) is 25.2. The van der Waals surface area contributed by atoms with Gasteiger partial charge in [0.05, 0.1) is 52.8 Å². The van der Waals surface area contributed by atoms with E-state index in [2.05, 4.69) is 35.5 Å². The number of pyridine rings is 2. The summed E-state index contributed by atoms with van der Waals surface area (Å²) in [5.74, 6) is -1.60. The maximum atomic E-state index is 13.2. The van der Waals surface area contributed by atoms with Crippen molar-refractivity contribution in [3.63, 3.8) is 0 Å². The largest absolute Gasteiger partial charge is 0.417 e. The predicted octanol–water partition coefficient (Wildman–Crippen LogP) is 2.47. The third-order valence-corrected chi connectivity index (χ3v) is 5.13. The molecule has 2 amide bonds. The van der Waals surface area contributed by atoms with Gasteiger partial charge >= 0.3 is 18.0 Å². The van der Waals surface area contributed by atoms with Gasteiger partial charge in [0.1, 0.15) is 11.6 Å². The molecule has 0 spiro atoms. The number of nitrogens with zero attached hydrogens (tertiary/aromatic N) is 6. The molecule has 0 aliphatic heterocycles. The van der Waals surface area contributed by atoms with Crippen molar-refractivity contribution in [1.82, 2.24) is 35.0 Å². The van der Waals surface area contributed by atoms with Gasteiger partial charge in [-0.1, -0.05) is 0 Å². The minimum atomic E-state index is -4.56. The Balaban J connectivity index is 1.62. The number of nitrogens with one attached hydrogen (secondary N) is 2. The molecular formula is C21H18F3N9O2. The molecular weight excluding hydrogens is 467 g/mol. The number of aromatic nitrogens is 6. The molecule has 4 N–H and O–H groups in total. The molecule has 0 aliphatic carbocycles. The summed E-state index contributed by atoms with van der Waals surface area (Å²) in [4.78, 5) is 43.2. The SMILES string of the molecule is CC(c1ncccn1)N(Cc1ccc(C(F)(F)F)cn1)C(=O)C(=O)Nc1cnc(N)c2cn[nH]c12. The minimum Gasteiger partial charge on any atom is -0.383 e. The first-order valence-corrected chi connectivity index (χ1v) is 10.1. The van der Waals surface area contributed by atoms with Gasteiger partial charge in [0.15, 0.2) is 0 Å². The van der Waals surface area contributed by atoms with Crippen LogP contribution in [0.2, 0.25) is 0 Å². The highest BCUT2D eigenvalue weighted by Gasteiger charge is 2.32. The Hall–Kier alpha value is -4.62. The van der Waals surface area contributed by atoms with Gasteiger partial charge in [0.2, 0.25) is 0 Å². The van der Waals surface area contributed by atoms with E-state index in [0.717, 1.165) is 17.0 Å². The van der Waals surface area contributed by atoms with Crippen molar-refractivity contribution in [2.45, 2.75) is 25.7 Å². The number of anilines is 2. The highest BCUT2D eigenvalue weighted by Crippen LogP contribution is 2.29. The standard InChI is InChI=1S/C21H18F3N9O2/c1-11(18-26-5-2-6-27-18)33(10-13-4-3-12(7-28-13)21(22,23)24)20(35)19(34)31-15-9-29-17(25)14-8-30-32-16(14)15/h2-9,11H,10H2,1H3,(H2,25,29)(H,30,32)(H,31,34). The van der Waals surface area contributed by atoms with Crippen LogP contribution in [0.5, 0.6) is 0 Å². The van der Waals surface area contributed by atoms with Gasteiger partial charge in [-0.2, -0.15) is 18.3 Å². The summed E-state index contributed by atoms with van der Waals surface area (Å²) in [6.45, 7) is 1.31. The first-order valence-electron chi connectivity index (χ1n) is 10.1. The van der Waals surface area contributed by atoms with E-state index in [1.807, 2.05) is 0 Å². The molecule has 14 heteroatoms.